The number of aryl methyl sites for hydroxylation is 1. The normalized spacial score (nSPS) is 14.5. The first-order valence-electron chi connectivity index (χ1n) is 10.3. The third kappa shape index (κ3) is 4.34. The number of anilines is 1. The maximum Gasteiger partial charge on any atom is 0.104 e. The van der Waals surface area contributed by atoms with E-state index in [1.807, 2.05) is 25.1 Å². The Bertz CT molecular complexity index is 1100. The Hall–Kier alpha value is -4.06. The Labute approximate surface area is 187 Å². The van der Waals surface area contributed by atoms with Crippen molar-refractivity contribution in [2.75, 3.05) is 25.0 Å². The van der Waals surface area contributed by atoms with Crippen molar-refractivity contribution in [2.45, 2.75) is 19.8 Å². The zero-order valence-electron chi connectivity index (χ0n) is 18.3. The van der Waals surface area contributed by atoms with Gasteiger partial charge in [0.25, 0.3) is 0 Å². The predicted octanol–water partition coefficient (Wildman–Crippen LogP) is 3.01. The van der Waals surface area contributed by atoms with Crippen molar-refractivity contribution in [3.63, 3.8) is 0 Å². The quantitative estimate of drug-likeness (QED) is 0.409. The minimum absolute atomic E-state index is 0.0564. The number of rotatable bonds is 6. The molecule has 0 spiro atoms. The van der Waals surface area contributed by atoms with E-state index in [-0.39, 0.29) is 5.92 Å². The summed E-state index contributed by atoms with van der Waals surface area (Å²) in [6, 6.07) is 8.03. The average molecular weight is 430 g/mol. The van der Waals surface area contributed by atoms with Gasteiger partial charge in [-0.2, -0.15) is 15.5 Å². The van der Waals surface area contributed by atoms with Crippen LogP contribution in [0.3, 0.4) is 0 Å². The van der Waals surface area contributed by atoms with Crippen molar-refractivity contribution < 1.29 is 0 Å². The van der Waals surface area contributed by atoms with E-state index in [0.29, 0.717) is 35.6 Å². The molecule has 0 aliphatic carbocycles. The topological polar surface area (TPSA) is 154 Å². The van der Waals surface area contributed by atoms with Gasteiger partial charge in [-0.15, -0.1) is 0 Å². The molecule has 0 atom stereocenters. The van der Waals surface area contributed by atoms with Crippen LogP contribution in [-0.2, 0) is 0 Å². The fourth-order valence-corrected chi connectivity index (χ4v) is 4.08. The van der Waals surface area contributed by atoms with E-state index < -0.39 is 0 Å². The van der Waals surface area contributed by atoms with Gasteiger partial charge in [0.1, 0.15) is 11.9 Å². The lowest BCUT2D eigenvalue weighted by molar-refractivity contribution is 0.473. The molecule has 2 aromatic rings. The number of benzene rings is 1. The molecule has 9 nitrogen and oxygen atoms in total. The lowest BCUT2D eigenvalue weighted by atomic mass is 9.90. The number of nitrogens with zero attached hydrogens (tertiary/aromatic N) is 5. The van der Waals surface area contributed by atoms with Gasteiger partial charge >= 0.3 is 0 Å². The Morgan fingerprint density at radius 1 is 1.31 bits per heavy atom. The Balaban J connectivity index is 2.09. The third-order valence-electron chi connectivity index (χ3n) is 5.80. The van der Waals surface area contributed by atoms with E-state index in [2.05, 4.69) is 21.2 Å². The largest absolute Gasteiger partial charge is 0.404 e. The van der Waals surface area contributed by atoms with Gasteiger partial charge in [0, 0.05) is 60.7 Å². The van der Waals surface area contributed by atoms with Crippen LogP contribution in [-0.4, -0.2) is 53.6 Å². The molecule has 2 heterocycles. The van der Waals surface area contributed by atoms with Crippen molar-refractivity contribution >= 4 is 29.6 Å². The lowest BCUT2D eigenvalue weighted by Gasteiger charge is -2.37. The van der Waals surface area contributed by atoms with E-state index in [1.54, 1.807) is 13.2 Å². The summed E-state index contributed by atoms with van der Waals surface area (Å²) in [4.78, 5) is 3.69. The van der Waals surface area contributed by atoms with Crippen molar-refractivity contribution in [1.29, 1.82) is 21.5 Å². The molecule has 0 amide bonds. The smallest absolute Gasteiger partial charge is 0.104 e. The molecule has 0 radical (unpaired) electrons. The highest BCUT2D eigenvalue weighted by molar-refractivity contribution is 6.10. The molecular weight excluding hydrogens is 402 g/mol. The maximum atomic E-state index is 10.1. The summed E-state index contributed by atoms with van der Waals surface area (Å²) in [7, 11) is 1.72. The SMILES string of the molecule is Cc1cc(-c2ccc(/C(C=N)=C/N)c(C#N)c2N2CCC(C(=N)N(C)C=N)CC2)cnn1. The second-order valence-corrected chi connectivity index (χ2v) is 7.73. The van der Waals surface area contributed by atoms with Gasteiger partial charge in [-0.25, -0.2) is 0 Å². The highest BCUT2D eigenvalue weighted by atomic mass is 15.2. The number of hydrogen-bond acceptors (Lipinski definition) is 8. The number of allylic oxidation sites excluding steroid dienone is 1. The van der Waals surface area contributed by atoms with E-state index in [9.17, 15) is 5.26 Å². The number of nitriles is 1. The maximum absolute atomic E-state index is 10.1. The van der Waals surface area contributed by atoms with E-state index in [4.69, 9.17) is 22.0 Å². The zero-order chi connectivity index (χ0) is 23.3. The summed E-state index contributed by atoms with van der Waals surface area (Å²) in [5.41, 5.74) is 10.6. The van der Waals surface area contributed by atoms with Crippen molar-refractivity contribution in [3.8, 4) is 17.2 Å². The third-order valence-corrected chi connectivity index (χ3v) is 5.80. The Morgan fingerprint density at radius 2 is 2.03 bits per heavy atom. The van der Waals surface area contributed by atoms with Crippen LogP contribution >= 0.6 is 0 Å². The molecule has 1 saturated heterocycles. The number of piperidine rings is 1. The first kappa shape index (κ1) is 22.6. The molecule has 9 heteroatoms. The number of nitrogens with two attached hydrogens (primary N) is 1. The Morgan fingerprint density at radius 3 is 2.59 bits per heavy atom. The molecule has 32 heavy (non-hydrogen) atoms. The molecule has 164 valence electrons. The van der Waals surface area contributed by atoms with Crippen molar-refractivity contribution in [2.24, 2.45) is 11.7 Å². The van der Waals surface area contributed by atoms with Crippen LogP contribution in [0.15, 0.2) is 30.6 Å². The van der Waals surface area contributed by atoms with Crippen LogP contribution in [0, 0.1) is 40.4 Å². The number of amidine groups is 1. The second kappa shape index (κ2) is 9.83. The minimum Gasteiger partial charge on any atom is -0.404 e. The fourth-order valence-electron chi connectivity index (χ4n) is 4.08. The van der Waals surface area contributed by atoms with Gasteiger partial charge < -0.3 is 20.9 Å². The van der Waals surface area contributed by atoms with Gasteiger partial charge in [-0.3, -0.25) is 10.8 Å². The predicted molar refractivity (Wildman–Crippen MR) is 127 cm³/mol. The molecule has 1 fully saturated rings. The van der Waals surface area contributed by atoms with Crippen LogP contribution in [0.1, 0.15) is 29.7 Å². The second-order valence-electron chi connectivity index (χ2n) is 7.73. The molecule has 5 N–H and O–H groups in total. The molecule has 0 saturated carbocycles. The number of hydrogen-bond donors (Lipinski definition) is 4. The van der Waals surface area contributed by atoms with Gasteiger partial charge in [0.2, 0.25) is 0 Å². The van der Waals surface area contributed by atoms with Crippen molar-refractivity contribution in [1.82, 2.24) is 15.1 Å². The highest BCUT2D eigenvalue weighted by Crippen LogP contribution is 2.39. The van der Waals surface area contributed by atoms with Gasteiger partial charge in [-0.1, -0.05) is 12.1 Å². The summed E-state index contributed by atoms with van der Waals surface area (Å²) < 4.78 is 0. The molecule has 0 bridgehead atoms. The summed E-state index contributed by atoms with van der Waals surface area (Å²) in [6.45, 7) is 3.19. The summed E-state index contributed by atoms with van der Waals surface area (Å²) >= 11 is 0. The zero-order valence-corrected chi connectivity index (χ0v) is 18.3. The molecule has 1 aromatic heterocycles. The summed E-state index contributed by atoms with van der Waals surface area (Å²) in [5, 5.41) is 41.7. The van der Waals surface area contributed by atoms with Gasteiger partial charge in [0.15, 0.2) is 0 Å². The minimum atomic E-state index is 0.0564. The summed E-state index contributed by atoms with van der Waals surface area (Å²) in [5.74, 6) is 0.487. The van der Waals surface area contributed by atoms with Crippen molar-refractivity contribution in [3.05, 3.63) is 47.4 Å². The van der Waals surface area contributed by atoms with Crippen LogP contribution in [0.25, 0.3) is 16.7 Å². The molecule has 1 aliphatic rings. The monoisotopic (exact) mass is 429 g/mol. The first-order valence-corrected chi connectivity index (χ1v) is 10.3. The number of nitrogens with one attached hydrogen (secondary N) is 3. The summed E-state index contributed by atoms with van der Waals surface area (Å²) in [6.07, 6.45) is 6.81. The van der Waals surface area contributed by atoms with Crippen LogP contribution < -0.4 is 10.6 Å². The van der Waals surface area contributed by atoms with E-state index >= 15 is 0 Å². The van der Waals surface area contributed by atoms with E-state index in [0.717, 1.165) is 47.9 Å². The van der Waals surface area contributed by atoms with Gasteiger partial charge in [-0.05, 0) is 25.8 Å². The van der Waals surface area contributed by atoms with E-state index in [1.165, 1.54) is 11.1 Å². The standard InChI is InChI=1S/C23H27N9/c1-15-9-17(13-29-30-15)20-4-3-19(18(10-24)11-25)21(12-26)22(20)32-7-5-16(6-8-32)23(28)31(2)14-27/h3-4,9-11,13-14,16,24,27-28H,5-8,25H2,1-2H3/b18-11+,24-10?,27-14?,28-23?. The highest BCUT2D eigenvalue weighted by Gasteiger charge is 2.28. The van der Waals surface area contributed by atoms with Crippen LogP contribution in [0.2, 0.25) is 0 Å². The molecule has 1 aliphatic heterocycles. The average Bonchev–Trinajstić information content (AvgIpc) is 2.83. The molecule has 1 aromatic carbocycles. The molecular formula is C23H27N9. The molecule has 0 unspecified atom stereocenters. The number of aromatic nitrogens is 2. The van der Waals surface area contributed by atoms with Gasteiger partial charge in [0.05, 0.1) is 29.5 Å². The van der Waals surface area contributed by atoms with Crippen LogP contribution in [0.5, 0.6) is 0 Å². The Kier molecular flexibility index (Phi) is 6.95. The fraction of sp³-hybridized carbons (Fsp3) is 0.304. The molecule has 3 rings (SSSR count). The lowest BCUT2D eigenvalue weighted by Crippen LogP contribution is -2.41. The van der Waals surface area contributed by atoms with Crippen LogP contribution in [0.4, 0.5) is 5.69 Å². The first-order chi connectivity index (χ1) is 15.4.